The van der Waals surface area contributed by atoms with Gasteiger partial charge in [-0.15, -0.1) is 0 Å². The normalized spacial score (nSPS) is 48.3. The third-order valence-corrected chi connectivity index (χ3v) is 5.49. The third kappa shape index (κ3) is 1.83. The van der Waals surface area contributed by atoms with Crippen LogP contribution in [0.5, 0.6) is 0 Å². The monoisotopic (exact) mass is 253 g/mol. The minimum absolute atomic E-state index is 0.158. The molecule has 3 saturated heterocycles. The first-order chi connectivity index (χ1) is 8.44. The number of likely N-dealkylation sites (tertiary alicyclic amines) is 1. The number of ether oxygens (including phenoxy) is 1. The Labute approximate surface area is 110 Å². The van der Waals surface area contributed by atoms with E-state index in [2.05, 4.69) is 25.7 Å². The second-order valence-electron chi connectivity index (χ2n) is 7.20. The van der Waals surface area contributed by atoms with E-state index < -0.39 is 0 Å². The fraction of sp³-hybridized carbons (Fsp3) is 1.00. The van der Waals surface area contributed by atoms with Gasteiger partial charge in [-0.25, -0.2) is 0 Å². The van der Waals surface area contributed by atoms with E-state index in [1.54, 1.807) is 0 Å². The standard InChI is InChI=1S/C15H27NO2/c1-14(2)11-7-8-15(3,18-14)13(12(11)17)16-9-5-4-6-10-16/h11-13,17H,4-10H2,1-3H3/t11-,12-,13-,15+/m1/s1. The van der Waals surface area contributed by atoms with Gasteiger partial charge in [0, 0.05) is 5.92 Å². The molecule has 104 valence electrons. The zero-order valence-corrected chi connectivity index (χ0v) is 12.0. The molecule has 0 aromatic carbocycles. The maximum Gasteiger partial charge on any atom is 0.0841 e. The number of aliphatic hydroxyl groups excluding tert-OH is 1. The lowest BCUT2D eigenvalue weighted by Gasteiger charge is -2.62. The van der Waals surface area contributed by atoms with Crippen molar-refractivity contribution >= 4 is 0 Å². The molecule has 0 spiro atoms. The van der Waals surface area contributed by atoms with Crippen LogP contribution in [0, 0.1) is 5.92 Å². The van der Waals surface area contributed by atoms with Gasteiger partial charge in [-0.1, -0.05) is 6.42 Å². The van der Waals surface area contributed by atoms with Crippen molar-refractivity contribution in [3.8, 4) is 0 Å². The van der Waals surface area contributed by atoms with Crippen LogP contribution in [0.3, 0.4) is 0 Å². The van der Waals surface area contributed by atoms with Crippen molar-refractivity contribution < 1.29 is 9.84 Å². The van der Waals surface area contributed by atoms with Crippen LogP contribution in [-0.2, 0) is 4.74 Å². The molecule has 0 unspecified atom stereocenters. The Bertz CT molecular complexity index is 324. The first-order valence-electron chi connectivity index (χ1n) is 7.56. The van der Waals surface area contributed by atoms with E-state index in [4.69, 9.17) is 4.74 Å². The molecule has 18 heavy (non-hydrogen) atoms. The molecule has 3 nitrogen and oxygen atoms in total. The Kier molecular flexibility index (Phi) is 3.00. The SMILES string of the molecule is CC1(C)O[C@@]2(C)CC[C@@H]1[C@@H](O)[C@H]2N1CCCCC1. The summed E-state index contributed by atoms with van der Waals surface area (Å²) in [6, 6.07) is 0.213. The molecule has 1 N–H and O–H groups in total. The minimum atomic E-state index is -0.217. The lowest BCUT2D eigenvalue weighted by atomic mass is 9.63. The zero-order valence-electron chi connectivity index (χ0n) is 12.0. The fourth-order valence-electron chi connectivity index (χ4n) is 4.69. The molecule has 1 aliphatic carbocycles. The molecule has 3 heteroatoms. The van der Waals surface area contributed by atoms with E-state index in [-0.39, 0.29) is 23.3 Å². The summed E-state index contributed by atoms with van der Waals surface area (Å²) in [7, 11) is 0. The van der Waals surface area contributed by atoms with Crippen molar-refractivity contribution in [2.24, 2.45) is 5.92 Å². The van der Waals surface area contributed by atoms with Crippen LogP contribution in [0.15, 0.2) is 0 Å². The summed E-state index contributed by atoms with van der Waals surface area (Å²) >= 11 is 0. The summed E-state index contributed by atoms with van der Waals surface area (Å²) in [6.45, 7) is 8.77. The first-order valence-corrected chi connectivity index (χ1v) is 7.56. The largest absolute Gasteiger partial charge is 0.391 e. The minimum Gasteiger partial charge on any atom is -0.391 e. The highest BCUT2D eigenvalue weighted by atomic mass is 16.5. The van der Waals surface area contributed by atoms with Gasteiger partial charge >= 0.3 is 0 Å². The van der Waals surface area contributed by atoms with E-state index in [1.165, 1.54) is 19.3 Å². The lowest BCUT2D eigenvalue weighted by Crippen LogP contribution is -2.72. The lowest BCUT2D eigenvalue weighted by molar-refractivity contribution is -0.296. The fourth-order valence-corrected chi connectivity index (χ4v) is 4.69. The Balaban J connectivity index is 1.87. The molecule has 0 aromatic heterocycles. The van der Waals surface area contributed by atoms with Crippen molar-refractivity contribution in [1.29, 1.82) is 0 Å². The van der Waals surface area contributed by atoms with Crippen LogP contribution in [0.25, 0.3) is 0 Å². The predicted molar refractivity (Wildman–Crippen MR) is 71.5 cm³/mol. The molecule has 2 bridgehead atoms. The topological polar surface area (TPSA) is 32.7 Å². The van der Waals surface area contributed by atoms with E-state index in [1.807, 2.05) is 0 Å². The van der Waals surface area contributed by atoms with Gasteiger partial charge in [-0.05, 0) is 59.5 Å². The highest BCUT2D eigenvalue weighted by molar-refractivity contribution is 5.11. The van der Waals surface area contributed by atoms with Gasteiger partial charge in [-0.2, -0.15) is 0 Å². The summed E-state index contributed by atoms with van der Waals surface area (Å²) in [5.74, 6) is 0.297. The van der Waals surface area contributed by atoms with Crippen LogP contribution in [0.1, 0.15) is 52.9 Å². The van der Waals surface area contributed by atoms with E-state index in [0.717, 1.165) is 25.9 Å². The number of aliphatic hydroxyl groups is 1. The summed E-state index contributed by atoms with van der Waals surface area (Å²) in [4.78, 5) is 2.50. The predicted octanol–water partition coefficient (Wildman–Crippen LogP) is 2.18. The summed E-state index contributed by atoms with van der Waals surface area (Å²) in [5, 5.41) is 10.8. The molecule has 3 aliphatic heterocycles. The number of hydrogen-bond acceptors (Lipinski definition) is 3. The second-order valence-corrected chi connectivity index (χ2v) is 7.20. The van der Waals surface area contributed by atoms with Gasteiger partial charge in [0.25, 0.3) is 0 Å². The van der Waals surface area contributed by atoms with E-state index >= 15 is 0 Å². The van der Waals surface area contributed by atoms with Gasteiger partial charge < -0.3 is 9.84 Å². The Hall–Kier alpha value is -0.120. The van der Waals surface area contributed by atoms with Crippen molar-refractivity contribution in [3.05, 3.63) is 0 Å². The summed E-state index contributed by atoms with van der Waals surface area (Å²) in [6.07, 6.45) is 5.87. The molecular weight excluding hydrogens is 226 g/mol. The molecule has 4 aliphatic rings. The Morgan fingerprint density at radius 3 is 2.33 bits per heavy atom. The maximum absolute atomic E-state index is 10.8. The molecule has 0 amide bonds. The van der Waals surface area contributed by atoms with Crippen molar-refractivity contribution in [1.82, 2.24) is 4.90 Å². The Morgan fingerprint density at radius 1 is 1.11 bits per heavy atom. The van der Waals surface area contributed by atoms with Crippen molar-refractivity contribution in [3.63, 3.8) is 0 Å². The second kappa shape index (κ2) is 4.19. The van der Waals surface area contributed by atoms with Gasteiger partial charge in [-0.3, -0.25) is 4.90 Å². The van der Waals surface area contributed by atoms with E-state index in [0.29, 0.717) is 5.92 Å². The highest BCUT2D eigenvalue weighted by Crippen LogP contribution is 2.51. The van der Waals surface area contributed by atoms with Crippen LogP contribution in [0.4, 0.5) is 0 Å². The van der Waals surface area contributed by atoms with Gasteiger partial charge in [0.2, 0.25) is 0 Å². The molecule has 0 aromatic rings. The number of fused-ring (bicyclic) bond motifs is 3. The molecule has 4 fully saturated rings. The molecule has 0 radical (unpaired) electrons. The van der Waals surface area contributed by atoms with Crippen LogP contribution in [0.2, 0.25) is 0 Å². The first kappa shape index (κ1) is 12.9. The molecule has 3 heterocycles. The van der Waals surface area contributed by atoms with Crippen LogP contribution < -0.4 is 0 Å². The van der Waals surface area contributed by atoms with Crippen molar-refractivity contribution in [2.45, 2.75) is 76.2 Å². The molecule has 4 rings (SSSR count). The quantitative estimate of drug-likeness (QED) is 0.777. The average molecular weight is 253 g/mol. The Morgan fingerprint density at radius 2 is 1.78 bits per heavy atom. The zero-order chi connectivity index (χ0) is 13.0. The molecule has 1 saturated carbocycles. The van der Waals surface area contributed by atoms with Gasteiger partial charge in [0.1, 0.15) is 0 Å². The molecular formula is C15H27NO2. The highest BCUT2D eigenvalue weighted by Gasteiger charge is 2.60. The maximum atomic E-state index is 10.8. The van der Waals surface area contributed by atoms with E-state index in [9.17, 15) is 5.11 Å². The third-order valence-electron chi connectivity index (χ3n) is 5.49. The van der Waals surface area contributed by atoms with Gasteiger partial charge in [0.15, 0.2) is 0 Å². The number of nitrogens with zero attached hydrogens (tertiary/aromatic N) is 1. The summed E-state index contributed by atoms with van der Waals surface area (Å²) < 4.78 is 6.39. The number of rotatable bonds is 1. The van der Waals surface area contributed by atoms with Gasteiger partial charge in [0.05, 0.1) is 23.3 Å². The molecule has 4 atom stereocenters. The smallest absolute Gasteiger partial charge is 0.0841 e. The average Bonchev–Trinajstić information content (AvgIpc) is 2.27. The number of piperidine rings is 1. The summed E-state index contributed by atoms with van der Waals surface area (Å²) in [5.41, 5.74) is -0.326. The van der Waals surface area contributed by atoms with Crippen LogP contribution >= 0.6 is 0 Å². The van der Waals surface area contributed by atoms with Crippen LogP contribution in [-0.4, -0.2) is 46.4 Å². The number of hydrogen-bond donors (Lipinski definition) is 1. The van der Waals surface area contributed by atoms with Crippen molar-refractivity contribution in [2.75, 3.05) is 13.1 Å².